The van der Waals surface area contributed by atoms with Crippen LogP contribution in [0.2, 0.25) is 0 Å². The molecule has 0 aliphatic carbocycles. The number of aliphatic hydroxyl groups excluding tert-OH is 1. The Hall–Kier alpha value is -1.49. The number of rotatable bonds is 2. The van der Waals surface area contributed by atoms with Gasteiger partial charge < -0.3 is 5.11 Å². The molecule has 5 nitrogen and oxygen atoms in total. The quantitative estimate of drug-likeness (QED) is 0.801. The second-order valence-corrected chi connectivity index (χ2v) is 3.61. The molecule has 1 atom stereocenters. The summed E-state index contributed by atoms with van der Waals surface area (Å²) in [6.45, 7) is 5.69. The Morgan fingerprint density at radius 1 is 1.47 bits per heavy atom. The van der Waals surface area contributed by atoms with E-state index in [1.165, 1.54) is 0 Å². The topological polar surface area (TPSA) is 63.3 Å². The average Bonchev–Trinajstić information content (AvgIpc) is 2.68. The zero-order valence-electron chi connectivity index (χ0n) is 9.10. The Bertz CT molecular complexity index is 452. The van der Waals surface area contributed by atoms with Crippen LogP contribution < -0.4 is 0 Å². The molecule has 2 heterocycles. The Balaban J connectivity index is 2.64. The van der Waals surface area contributed by atoms with Crippen LogP contribution in [0.1, 0.15) is 36.7 Å². The first-order valence-electron chi connectivity index (χ1n) is 5.00. The molecular formula is C10H14N4O. The fourth-order valence-corrected chi connectivity index (χ4v) is 1.43. The maximum absolute atomic E-state index is 9.65. The Labute approximate surface area is 87.8 Å². The van der Waals surface area contributed by atoms with E-state index in [-0.39, 0.29) is 0 Å². The van der Waals surface area contributed by atoms with Gasteiger partial charge in [0.2, 0.25) is 0 Å². The Morgan fingerprint density at radius 2 is 2.20 bits per heavy atom. The molecule has 0 spiro atoms. The first kappa shape index (κ1) is 10.0. The minimum absolute atomic E-state index is 0.469. The summed E-state index contributed by atoms with van der Waals surface area (Å²) < 4.78 is 1.72. The monoisotopic (exact) mass is 206 g/mol. The first-order chi connectivity index (χ1) is 7.13. The molecule has 0 saturated heterocycles. The van der Waals surface area contributed by atoms with Crippen molar-refractivity contribution in [3.63, 3.8) is 0 Å². The third kappa shape index (κ3) is 1.59. The van der Waals surface area contributed by atoms with Gasteiger partial charge in [0.25, 0.3) is 0 Å². The molecule has 2 aromatic heterocycles. The van der Waals surface area contributed by atoms with E-state index in [2.05, 4.69) is 15.1 Å². The van der Waals surface area contributed by atoms with Crippen molar-refractivity contribution < 1.29 is 5.11 Å². The van der Waals surface area contributed by atoms with Crippen molar-refractivity contribution in [2.75, 3.05) is 0 Å². The van der Waals surface area contributed by atoms with Gasteiger partial charge in [0.15, 0.2) is 11.5 Å². The van der Waals surface area contributed by atoms with Crippen LogP contribution in [0.15, 0.2) is 6.20 Å². The van der Waals surface area contributed by atoms with Crippen LogP contribution >= 0.6 is 0 Å². The Morgan fingerprint density at radius 3 is 2.80 bits per heavy atom. The van der Waals surface area contributed by atoms with E-state index in [0.29, 0.717) is 12.2 Å². The second-order valence-electron chi connectivity index (χ2n) is 3.61. The molecule has 1 unspecified atom stereocenters. The summed E-state index contributed by atoms with van der Waals surface area (Å²) in [4.78, 5) is 8.48. The summed E-state index contributed by atoms with van der Waals surface area (Å²) in [6.07, 6.45) is 1.77. The van der Waals surface area contributed by atoms with E-state index >= 15 is 0 Å². The van der Waals surface area contributed by atoms with Crippen LogP contribution in [0, 0.1) is 13.8 Å². The van der Waals surface area contributed by atoms with E-state index in [1.54, 1.807) is 10.7 Å². The van der Waals surface area contributed by atoms with Crippen LogP contribution in [0.4, 0.5) is 0 Å². The molecule has 0 aliphatic rings. The second kappa shape index (κ2) is 3.58. The zero-order chi connectivity index (χ0) is 11.0. The van der Waals surface area contributed by atoms with Crippen molar-refractivity contribution in [2.24, 2.45) is 0 Å². The van der Waals surface area contributed by atoms with Gasteiger partial charge in [-0.25, -0.2) is 9.50 Å². The molecule has 2 rings (SSSR count). The van der Waals surface area contributed by atoms with Gasteiger partial charge in [0.1, 0.15) is 6.10 Å². The summed E-state index contributed by atoms with van der Waals surface area (Å²) in [5.74, 6) is 0.469. The normalized spacial score (nSPS) is 13.3. The fourth-order valence-electron chi connectivity index (χ4n) is 1.43. The van der Waals surface area contributed by atoms with Crippen molar-refractivity contribution >= 4 is 5.65 Å². The predicted molar refractivity (Wildman–Crippen MR) is 55.5 cm³/mol. The van der Waals surface area contributed by atoms with Crippen molar-refractivity contribution in [3.8, 4) is 0 Å². The van der Waals surface area contributed by atoms with Crippen LogP contribution in [-0.4, -0.2) is 24.7 Å². The highest BCUT2D eigenvalue weighted by Gasteiger charge is 2.14. The van der Waals surface area contributed by atoms with Gasteiger partial charge in [0, 0.05) is 6.20 Å². The fraction of sp³-hybridized carbons (Fsp3) is 0.500. The van der Waals surface area contributed by atoms with Gasteiger partial charge in [-0.15, -0.1) is 5.10 Å². The molecule has 15 heavy (non-hydrogen) atoms. The van der Waals surface area contributed by atoms with Crippen molar-refractivity contribution in [1.29, 1.82) is 0 Å². The highest BCUT2D eigenvalue weighted by Crippen LogP contribution is 2.15. The molecular weight excluding hydrogens is 192 g/mol. The zero-order valence-corrected chi connectivity index (χ0v) is 9.10. The molecule has 0 fully saturated rings. The maximum Gasteiger partial charge on any atom is 0.180 e. The number of aromatic nitrogens is 4. The smallest absolute Gasteiger partial charge is 0.180 e. The van der Waals surface area contributed by atoms with Gasteiger partial charge in [-0.2, -0.15) is 0 Å². The number of aliphatic hydroxyl groups is 1. The lowest BCUT2D eigenvalue weighted by molar-refractivity contribution is 0.164. The largest absolute Gasteiger partial charge is 0.385 e. The number of nitrogens with zero attached hydrogens (tertiary/aromatic N) is 4. The van der Waals surface area contributed by atoms with Crippen LogP contribution in [0.3, 0.4) is 0 Å². The lowest BCUT2D eigenvalue weighted by Crippen LogP contribution is -1.99. The van der Waals surface area contributed by atoms with Crippen LogP contribution in [0.25, 0.3) is 5.65 Å². The lowest BCUT2D eigenvalue weighted by atomic mass is 10.3. The van der Waals surface area contributed by atoms with E-state index in [9.17, 15) is 5.11 Å². The summed E-state index contributed by atoms with van der Waals surface area (Å²) in [7, 11) is 0. The standard InChI is InChI=1S/C10H14N4O/c1-4-8(15)9-12-10-7(3)11-5-6(2)14(10)13-9/h5,8,15H,4H2,1-3H3. The third-order valence-electron chi connectivity index (χ3n) is 2.41. The van der Waals surface area contributed by atoms with Gasteiger partial charge in [0.05, 0.1) is 11.4 Å². The van der Waals surface area contributed by atoms with Gasteiger partial charge in [-0.1, -0.05) is 6.92 Å². The van der Waals surface area contributed by atoms with E-state index < -0.39 is 6.10 Å². The maximum atomic E-state index is 9.65. The minimum Gasteiger partial charge on any atom is -0.385 e. The molecule has 0 aromatic carbocycles. The van der Waals surface area contributed by atoms with Crippen molar-refractivity contribution in [2.45, 2.75) is 33.3 Å². The van der Waals surface area contributed by atoms with Crippen molar-refractivity contribution in [3.05, 3.63) is 23.4 Å². The molecule has 0 saturated carbocycles. The minimum atomic E-state index is -0.594. The highest BCUT2D eigenvalue weighted by atomic mass is 16.3. The molecule has 80 valence electrons. The predicted octanol–water partition coefficient (Wildman–Crippen LogP) is 1.18. The number of hydrogen-bond acceptors (Lipinski definition) is 4. The molecule has 1 N–H and O–H groups in total. The SMILES string of the molecule is CCC(O)c1nc2c(C)ncc(C)n2n1. The molecule has 0 bridgehead atoms. The summed E-state index contributed by atoms with van der Waals surface area (Å²) in [5, 5.41) is 13.9. The van der Waals surface area contributed by atoms with E-state index in [0.717, 1.165) is 17.0 Å². The van der Waals surface area contributed by atoms with Gasteiger partial charge in [-0.3, -0.25) is 4.98 Å². The molecule has 0 radical (unpaired) electrons. The number of fused-ring (bicyclic) bond motifs is 1. The Kier molecular flexibility index (Phi) is 2.40. The third-order valence-corrected chi connectivity index (χ3v) is 2.41. The van der Waals surface area contributed by atoms with Crippen molar-refractivity contribution in [1.82, 2.24) is 19.6 Å². The van der Waals surface area contributed by atoms with Crippen LogP contribution in [0.5, 0.6) is 0 Å². The summed E-state index contributed by atoms with van der Waals surface area (Å²) >= 11 is 0. The lowest BCUT2D eigenvalue weighted by Gasteiger charge is -1.99. The highest BCUT2D eigenvalue weighted by molar-refractivity contribution is 5.43. The molecule has 2 aromatic rings. The molecule has 0 amide bonds. The summed E-state index contributed by atoms with van der Waals surface area (Å²) in [6, 6.07) is 0. The van der Waals surface area contributed by atoms with Gasteiger partial charge >= 0.3 is 0 Å². The summed E-state index contributed by atoms with van der Waals surface area (Å²) in [5.41, 5.74) is 2.46. The van der Waals surface area contributed by atoms with E-state index in [4.69, 9.17) is 0 Å². The average molecular weight is 206 g/mol. The van der Waals surface area contributed by atoms with E-state index in [1.807, 2.05) is 20.8 Å². The number of aryl methyl sites for hydroxylation is 2. The number of hydrogen-bond donors (Lipinski definition) is 1. The molecule has 0 aliphatic heterocycles. The van der Waals surface area contributed by atoms with Crippen LogP contribution in [-0.2, 0) is 0 Å². The first-order valence-corrected chi connectivity index (χ1v) is 5.00. The molecule has 5 heteroatoms. The van der Waals surface area contributed by atoms with Gasteiger partial charge in [-0.05, 0) is 20.3 Å².